The van der Waals surface area contributed by atoms with Crippen molar-refractivity contribution in [1.29, 1.82) is 0 Å². The molecule has 0 aromatic heterocycles. The van der Waals surface area contributed by atoms with Crippen molar-refractivity contribution in [3.8, 4) is 0 Å². The third-order valence-corrected chi connectivity index (χ3v) is 9.19. The highest BCUT2D eigenvalue weighted by atomic mass is 16.6. The molecule has 3 aliphatic carbocycles. The molecule has 0 bridgehead atoms. The fraction of sp³-hybridized carbons (Fsp3) is 0.586. The van der Waals surface area contributed by atoms with Crippen molar-refractivity contribution in [3.05, 3.63) is 53.6 Å². The van der Waals surface area contributed by atoms with Crippen LogP contribution >= 0.6 is 0 Å². The maximum Gasteiger partial charge on any atom is 0.331 e. The smallest absolute Gasteiger partial charge is 0.331 e. The average molecular weight is 481 g/mol. The highest BCUT2D eigenvalue weighted by Gasteiger charge is 2.71. The van der Waals surface area contributed by atoms with Crippen LogP contribution in [0.5, 0.6) is 0 Å². The monoisotopic (exact) mass is 480 g/mol. The van der Waals surface area contributed by atoms with Gasteiger partial charge in [0.2, 0.25) is 5.78 Å². The van der Waals surface area contributed by atoms with Crippen molar-refractivity contribution in [3.63, 3.8) is 0 Å². The van der Waals surface area contributed by atoms with Crippen molar-refractivity contribution < 1.29 is 29.3 Å². The van der Waals surface area contributed by atoms with Gasteiger partial charge < -0.3 is 19.7 Å². The number of aliphatic hydroxyl groups is 2. The molecule has 2 saturated carbocycles. The summed E-state index contributed by atoms with van der Waals surface area (Å²) in [5.74, 6) is -1.45. The van der Waals surface area contributed by atoms with Crippen LogP contribution in [0.3, 0.4) is 0 Å². The number of ether oxygens (including phenoxy) is 2. The highest BCUT2D eigenvalue weighted by Crippen LogP contribution is 2.64. The molecule has 1 aromatic carbocycles. The molecule has 0 spiro atoms. The van der Waals surface area contributed by atoms with E-state index in [1.54, 1.807) is 6.08 Å². The molecule has 1 aliphatic heterocycles. The molecule has 6 heteroatoms. The Morgan fingerprint density at radius 2 is 1.94 bits per heavy atom. The van der Waals surface area contributed by atoms with E-state index in [9.17, 15) is 19.8 Å². The van der Waals surface area contributed by atoms with E-state index in [4.69, 9.17) is 9.47 Å². The van der Waals surface area contributed by atoms with Crippen molar-refractivity contribution in [2.45, 2.75) is 70.4 Å². The second-order valence-corrected chi connectivity index (χ2v) is 11.8. The van der Waals surface area contributed by atoms with Gasteiger partial charge in [0.05, 0.1) is 30.3 Å². The molecule has 188 valence electrons. The van der Waals surface area contributed by atoms with Gasteiger partial charge in [-0.15, -0.1) is 0 Å². The zero-order chi connectivity index (χ0) is 25.2. The molecule has 1 aromatic rings. The highest BCUT2D eigenvalue weighted by molar-refractivity contribution is 6.04. The summed E-state index contributed by atoms with van der Waals surface area (Å²) in [7, 11) is 0. The van der Waals surface area contributed by atoms with E-state index in [2.05, 4.69) is 13.8 Å². The first-order chi connectivity index (χ1) is 16.5. The van der Waals surface area contributed by atoms with Gasteiger partial charge in [0.1, 0.15) is 0 Å². The Bertz CT molecular complexity index is 1070. The van der Waals surface area contributed by atoms with Gasteiger partial charge in [0, 0.05) is 18.1 Å². The molecular formula is C29H36O6. The van der Waals surface area contributed by atoms with Crippen molar-refractivity contribution in [1.82, 2.24) is 0 Å². The largest absolute Gasteiger partial charge is 0.447 e. The number of benzene rings is 1. The van der Waals surface area contributed by atoms with Gasteiger partial charge >= 0.3 is 5.97 Å². The summed E-state index contributed by atoms with van der Waals surface area (Å²) >= 11 is 0. The van der Waals surface area contributed by atoms with Crippen molar-refractivity contribution in [2.75, 3.05) is 6.61 Å². The fourth-order valence-corrected chi connectivity index (χ4v) is 6.84. The first kappa shape index (κ1) is 24.4. The van der Waals surface area contributed by atoms with Crippen LogP contribution in [0.25, 0.3) is 6.08 Å². The first-order valence-electron chi connectivity index (χ1n) is 12.7. The summed E-state index contributed by atoms with van der Waals surface area (Å²) < 4.78 is 12.3. The van der Waals surface area contributed by atoms with Gasteiger partial charge in [-0.1, -0.05) is 57.2 Å². The summed E-state index contributed by atoms with van der Waals surface area (Å²) in [6.45, 7) is 7.84. The van der Waals surface area contributed by atoms with Crippen LogP contribution in [-0.4, -0.2) is 52.0 Å². The quantitative estimate of drug-likeness (QED) is 0.388. The normalized spacial score (nSPS) is 41.8. The molecule has 1 heterocycles. The van der Waals surface area contributed by atoms with Crippen LogP contribution < -0.4 is 0 Å². The van der Waals surface area contributed by atoms with E-state index < -0.39 is 47.7 Å². The zero-order valence-electron chi connectivity index (χ0n) is 20.9. The Labute approximate surface area is 207 Å². The second-order valence-electron chi connectivity index (χ2n) is 11.8. The minimum atomic E-state index is -1.59. The Morgan fingerprint density at radius 3 is 2.63 bits per heavy atom. The standard InChI is InChI=1S/C29H36O6/c1-17-15-29(34-22(31)11-10-18-8-6-5-7-9-18)23(24(17)32)26-28(4,35-26)13-12-20-21(27(20,2)3)14-19(16-30)25(29)33/h5-11,14,17,20-21,23-24,26,30,32H,12-13,15-16H2,1-4H3/t17-,20-,21+,23?,24-,26-,28+,29+/m0/s1. The zero-order valence-corrected chi connectivity index (χ0v) is 20.9. The predicted octanol–water partition coefficient (Wildman–Crippen LogP) is 3.71. The summed E-state index contributed by atoms with van der Waals surface area (Å²) in [6.07, 6.45) is 5.56. The number of epoxide rings is 1. The summed E-state index contributed by atoms with van der Waals surface area (Å²) in [5, 5.41) is 21.5. The number of hydrogen-bond donors (Lipinski definition) is 2. The number of allylic oxidation sites excluding steroid dienone is 1. The summed E-state index contributed by atoms with van der Waals surface area (Å²) in [4.78, 5) is 27.3. The molecule has 3 fully saturated rings. The van der Waals surface area contributed by atoms with E-state index >= 15 is 0 Å². The first-order valence-corrected chi connectivity index (χ1v) is 12.7. The minimum Gasteiger partial charge on any atom is -0.447 e. The molecule has 4 aliphatic rings. The number of rotatable bonds is 4. The molecule has 5 rings (SSSR count). The lowest BCUT2D eigenvalue weighted by Gasteiger charge is -2.34. The molecule has 6 nitrogen and oxygen atoms in total. The molecule has 2 N–H and O–H groups in total. The Kier molecular flexibility index (Phi) is 5.86. The summed E-state index contributed by atoms with van der Waals surface area (Å²) in [5.41, 5.74) is -0.929. The molecule has 0 radical (unpaired) electrons. The van der Waals surface area contributed by atoms with E-state index in [1.807, 2.05) is 50.3 Å². The number of hydrogen-bond acceptors (Lipinski definition) is 6. The van der Waals surface area contributed by atoms with Crippen LogP contribution in [-0.2, 0) is 19.1 Å². The van der Waals surface area contributed by atoms with Crippen LogP contribution in [0.15, 0.2) is 48.1 Å². The van der Waals surface area contributed by atoms with E-state index in [1.165, 1.54) is 6.08 Å². The number of carbonyl (C=O) groups is 2. The molecule has 1 saturated heterocycles. The predicted molar refractivity (Wildman–Crippen MR) is 131 cm³/mol. The van der Waals surface area contributed by atoms with Gasteiger partial charge in [-0.2, -0.15) is 0 Å². The summed E-state index contributed by atoms with van der Waals surface area (Å²) in [6, 6.07) is 9.38. The Balaban J connectivity index is 1.55. The Hall–Kier alpha value is -2.28. The van der Waals surface area contributed by atoms with Gasteiger partial charge in [0.15, 0.2) is 5.60 Å². The average Bonchev–Trinajstić information content (AvgIpc) is 3.60. The van der Waals surface area contributed by atoms with Crippen LogP contribution in [0, 0.1) is 29.1 Å². The number of carbonyl (C=O) groups excluding carboxylic acids is 2. The van der Waals surface area contributed by atoms with Crippen LogP contribution in [0.2, 0.25) is 0 Å². The van der Waals surface area contributed by atoms with Crippen LogP contribution in [0.4, 0.5) is 0 Å². The lowest BCUT2D eigenvalue weighted by Crippen LogP contribution is -2.52. The van der Waals surface area contributed by atoms with Gasteiger partial charge in [-0.3, -0.25) is 4.79 Å². The van der Waals surface area contributed by atoms with E-state index in [-0.39, 0.29) is 29.2 Å². The topological polar surface area (TPSA) is 96.4 Å². The molecular weight excluding hydrogens is 444 g/mol. The van der Waals surface area contributed by atoms with Crippen LogP contribution in [0.1, 0.15) is 52.5 Å². The lowest BCUT2D eigenvalue weighted by molar-refractivity contribution is -0.168. The molecule has 1 unspecified atom stereocenters. The fourth-order valence-electron chi connectivity index (χ4n) is 6.84. The van der Waals surface area contributed by atoms with Crippen molar-refractivity contribution >= 4 is 17.8 Å². The Morgan fingerprint density at radius 1 is 1.23 bits per heavy atom. The van der Waals surface area contributed by atoms with Gasteiger partial charge in [0.25, 0.3) is 0 Å². The third kappa shape index (κ3) is 4.00. The maximum absolute atomic E-state index is 14.2. The number of fused-ring (bicyclic) bond motifs is 4. The SMILES string of the molecule is C[C@H]1C[C@]2(OC(=O)C=Cc3ccccc3)C(=O)C(CO)=C[C@@H]3[C@H](CC[C@@]4(C)O[C@H]4C2[C@H]1O)C3(C)C. The van der Waals surface area contributed by atoms with Crippen molar-refractivity contribution in [2.24, 2.45) is 29.1 Å². The van der Waals surface area contributed by atoms with Gasteiger partial charge in [-0.25, -0.2) is 4.79 Å². The van der Waals surface area contributed by atoms with E-state index in [0.29, 0.717) is 5.92 Å². The third-order valence-electron chi connectivity index (χ3n) is 9.19. The molecule has 35 heavy (non-hydrogen) atoms. The van der Waals surface area contributed by atoms with Gasteiger partial charge in [-0.05, 0) is 54.6 Å². The number of ketones is 1. The van der Waals surface area contributed by atoms with E-state index in [0.717, 1.165) is 18.4 Å². The lowest BCUT2D eigenvalue weighted by atomic mass is 9.77. The maximum atomic E-state index is 14.2. The number of esters is 1. The minimum absolute atomic E-state index is 0.0325. The number of aliphatic hydroxyl groups excluding tert-OH is 2. The molecule has 0 amide bonds. The number of Topliss-reactive ketones (excluding diaryl/α,β-unsaturated/α-hetero) is 1. The second kappa shape index (κ2) is 8.39. The molecule has 8 atom stereocenters.